The van der Waals surface area contributed by atoms with Gasteiger partial charge in [0.2, 0.25) is 5.79 Å². The van der Waals surface area contributed by atoms with E-state index in [-0.39, 0.29) is 25.0 Å². The average molecular weight is 634 g/mol. The van der Waals surface area contributed by atoms with Crippen LogP contribution in [0.15, 0.2) is 55.0 Å². The van der Waals surface area contributed by atoms with Crippen molar-refractivity contribution in [3.05, 3.63) is 91.4 Å². The van der Waals surface area contributed by atoms with E-state index in [0.717, 1.165) is 5.56 Å². The van der Waals surface area contributed by atoms with E-state index in [0.29, 0.717) is 36.7 Å². The van der Waals surface area contributed by atoms with Gasteiger partial charge < -0.3 is 28.6 Å². The lowest BCUT2D eigenvalue weighted by Crippen LogP contribution is -2.50. The van der Waals surface area contributed by atoms with E-state index < -0.39 is 24.2 Å². The average Bonchev–Trinajstić information content (AvgIpc) is 3.45. The van der Waals surface area contributed by atoms with Crippen molar-refractivity contribution in [3.63, 3.8) is 0 Å². The maximum atomic E-state index is 11.9. The highest BCUT2D eigenvalue weighted by molar-refractivity contribution is 6.35. The SMILES string of the molecule is CO[C@]1(O)[C@H](OCc2ccc(Cl)cc2Cl)[C@@H](COCc2ccc(Cl)cc2Cl)O[C@H]1n1ccc2c(Cl)ncnc21. The summed E-state index contributed by atoms with van der Waals surface area (Å²) in [6, 6.07) is 11.9. The van der Waals surface area contributed by atoms with Crippen LogP contribution in [0.5, 0.6) is 0 Å². The fraction of sp³-hybridized carbons (Fsp3) is 0.308. The number of aliphatic hydroxyl groups is 1. The Morgan fingerprint density at radius 2 is 1.62 bits per heavy atom. The molecule has 0 aliphatic carbocycles. The van der Waals surface area contributed by atoms with Gasteiger partial charge in [0.05, 0.1) is 25.2 Å². The lowest BCUT2D eigenvalue weighted by Gasteiger charge is -2.32. The van der Waals surface area contributed by atoms with Crippen LogP contribution >= 0.6 is 58.0 Å². The zero-order chi connectivity index (χ0) is 27.7. The first kappa shape index (κ1) is 28.8. The number of halogens is 5. The standard InChI is InChI=1S/C26H22Cl5N3O5/c1-36-26(35)22(38-11-15-3-5-17(28)9-20(15)30)21(12-37-10-14-2-4-16(27)8-19(14)29)39-25(26)34-7-6-18-23(31)32-13-33-24(18)34/h2-9,13,21-22,25,35H,10-12H2,1H3/t21-,22-,25-,26-/m1/s1. The van der Waals surface area contributed by atoms with Crippen LogP contribution in [0.2, 0.25) is 25.2 Å². The lowest BCUT2D eigenvalue weighted by atomic mass is 10.1. The second-order valence-corrected chi connectivity index (χ2v) is 10.9. The van der Waals surface area contributed by atoms with Gasteiger partial charge in [0, 0.05) is 33.4 Å². The highest BCUT2D eigenvalue weighted by atomic mass is 35.5. The molecule has 2 aromatic heterocycles. The minimum Gasteiger partial charge on any atom is -0.374 e. The van der Waals surface area contributed by atoms with Gasteiger partial charge in [-0.05, 0) is 41.5 Å². The van der Waals surface area contributed by atoms with Crippen LogP contribution in [0.25, 0.3) is 11.0 Å². The molecule has 8 nitrogen and oxygen atoms in total. The van der Waals surface area contributed by atoms with Crippen LogP contribution in [0.4, 0.5) is 0 Å². The number of ether oxygens (including phenoxy) is 4. The predicted octanol–water partition coefficient (Wildman–Crippen LogP) is 6.73. The van der Waals surface area contributed by atoms with E-state index in [9.17, 15) is 5.11 Å². The van der Waals surface area contributed by atoms with Gasteiger partial charge in [0.15, 0.2) is 6.23 Å². The van der Waals surface area contributed by atoms with Crippen molar-refractivity contribution in [3.8, 4) is 0 Å². The number of fused-ring (bicyclic) bond motifs is 1. The van der Waals surface area contributed by atoms with Crippen molar-refractivity contribution in [1.29, 1.82) is 0 Å². The number of rotatable bonds is 9. The molecule has 0 unspecified atom stereocenters. The topological polar surface area (TPSA) is 87.9 Å². The third kappa shape index (κ3) is 5.87. The Hall–Kier alpha value is -1.69. The molecule has 4 atom stereocenters. The van der Waals surface area contributed by atoms with Gasteiger partial charge in [0.25, 0.3) is 0 Å². The van der Waals surface area contributed by atoms with Crippen LogP contribution in [0.1, 0.15) is 17.4 Å². The van der Waals surface area contributed by atoms with E-state index in [1.165, 1.54) is 13.4 Å². The summed E-state index contributed by atoms with van der Waals surface area (Å²) in [7, 11) is 1.37. The fourth-order valence-corrected chi connectivity index (χ4v) is 5.57. The van der Waals surface area contributed by atoms with E-state index in [1.54, 1.807) is 53.2 Å². The first-order valence-corrected chi connectivity index (χ1v) is 13.6. The van der Waals surface area contributed by atoms with Gasteiger partial charge in [-0.15, -0.1) is 0 Å². The van der Waals surface area contributed by atoms with E-state index in [2.05, 4.69) is 9.97 Å². The highest BCUT2D eigenvalue weighted by Crippen LogP contribution is 2.43. The molecule has 0 spiro atoms. The number of methoxy groups -OCH3 is 1. The molecule has 13 heteroatoms. The summed E-state index contributed by atoms with van der Waals surface area (Å²) in [5, 5.41) is 14.6. The summed E-state index contributed by atoms with van der Waals surface area (Å²) in [6.07, 6.45) is 0.171. The molecule has 39 heavy (non-hydrogen) atoms. The van der Waals surface area contributed by atoms with Crippen LogP contribution in [-0.4, -0.2) is 51.4 Å². The Morgan fingerprint density at radius 3 is 2.26 bits per heavy atom. The van der Waals surface area contributed by atoms with E-state index in [4.69, 9.17) is 77.0 Å². The molecule has 2 aromatic carbocycles. The van der Waals surface area contributed by atoms with Gasteiger partial charge in [-0.3, -0.25) is 0 Å². The lowest BCUT2D eigenvalue weighted by molar-refractivity contribution is -0.273. The molecule has 1 fully saturated rings. The molecule has 1 aliphatic heterocycles. The molecule has 1 aliphatic rings. The smallest absolute Gasteiger partial charge is 0.241 e. The zero-order valence-corrected chi connectivity index (χ0v) is 24.1. The highest BCUT2D eigenvalue weighted by Gasteiger charge is 2.59. The number of benzene rings is 2. The monoisotopic (exact) mass is 631 g/mol. The Bertz CT molecular complexity index is 1490. The van der Waals surface area contributed by atoms with Gasteiger partial charge in [-0.25, -0.2) is 9.97 Å². The molecular formula is C26H22Cl5N3O5. The molecule has 3 heterocycles. The Labute approximate surface area is 249 Å². The predicted molar refractivity (Wildman–Crippen MR) is 150 cm³/mol. The molecule has 1 N–H and O–H groups in total. The number of hydrogen-bond acceptors (Lipinski definition) is 7. The van der Waals surface area contributed by atoms with Crippen molar-refractivity contribution < 1.29 is 24.1 Å². The number of nitrogens with zero attached hydrogens (tertiary/aromatic N) is 3. The van der Waals surface area contributed by atoms with Gasteiger partial charge >= 0.3 is 0 Å². The normalized spacial score (nSPS) is 23.1. The summed E-state index contributed by atoms with van der Waals surface area (Å²) in [4.78, 5) is 8.34. The van der Waals surface area contributed by atoms with Crippen molar-refractivity contribution in [1.82, 2.24) is 14.5 Å². The number of aromatic nitrogens is 3. The molecule has 0 saturated carbocycles. The summed E-state index contributed by atoms with van der Waals surface area (Å²) in [5.74, 6) is -1.95. The molecule has 4 aromatic rings. The molecule has 0 amide bonds. The third-order valence-electron chi connectivity index (χ3n) is 6.43. The second-order valence-electron chi connectivity index (χ2n) is 8.83. The summed E-state index contributed by atoms with van der Waals surface area (Å²) in [5.41, 5.74) is 1.86. The number of hydrogen-bond donors (Lipinski definition) is 1. The molecular weight excluding hydrogens is 612 g/mol. The largest absolute Gasteiger partial charge is 0.374 e. The van der Waals surface area contributed by atoms with Crippen LogP contribution in [0.3, 0.4) is 0 Å². The first-order valence-electron chi connectivity index (χ1n) is 11.7. The van der Waals surface area contributed by atoms with Crippen LogP contribution in [0, 0.1) is 0 Å². The molecule has 0 radical (unpaired) electrons. The van der Waals surface area contributed by atoms with E-state index in [1.807, 2.05) is 0 Å². The first-order chi connectivity index (χ1) is 18.7. The summed E-state index contributed by atoms with van der Waals surface area (Å²) >= 11 is 30.9. The molecule has 1 saturated heterocycles. The molecule has 5 rings (SSSR count). The van der Waals surface area contributed by atoms with Crippen molar-refractivity contribution in [2.45, 2.75) is 37.4 Å². The maximum Gasteiger partial charge on any atom is 0.241 e. The van der Waals surface area contributed by atoms with Crippen molar-refractivity contribution in [2.75, 3.05) is 13.7 Å². The second kappa shape index (κ2) is 12.0. The van der Waals surface area contributed by atoms with Crippen LogP contribution < -0.4 is 0 Å². The van der Waals surface area contributed by atoms with Gasteiger partial charge in [-0.2, -0.15) is 0 Å². The van der Waals surface area contributed by atoms with Crippen molar-refractivity contribution in [2.24, 2.45) is 0 Å². The van der Waals surface area contributed by atoms with Crippen molar-refractivity contribution >= 4 is 69.0 Å². The third-order valence-corrected chi connectivity index (χ3v) is 7.91. The van der Waals surface area contributed by atoms with Gasteiger partial charge in [0.1, 0.15) is 29.3 Å². The van der Waals surface area contributed by atoms with Crippen LogP contribution in [-0.2, 0) is 32.2 Å². The zero-order valence-electron chi connectivity index (χ0n) is 20.4. The molecule has 0 bridgehead atoms. The molecule has 206 valence electrons. The van der Waals surface area contributed by atoms with E-state index >= 15 is 0 Å². The Kier molecular flexibility index (Phi) is 8.90. The minimum absolute atomic E-state index is 0.0368. The fourth-order valence-electron chi connectivity index (χ4n) is 4.45. The van der Waals surface area contributed by atoms with Gasteiger partial charge in [-0.1, -0.05) is 70.1 Å². The Balaban J connectivity index is 1.43. The summed E-state index contributed by atoms with van der Waals surface area (Å²) in [6.45, 7) is 0.258. The Morgan fingerprint density at radius 1 is 0.949 bits per heavy atom. The maximum absolute atomic E-state index is 11.9. The summed E-state index contributed by atoms with van der Waals surface area (Å²) < 4.78 is 25.8. The minimum atomic E-state index is -1.95. The quantitative estimate of drug-likeness (QED) is 0.162.